The van der Waals surface area contributed by atoms with Gasteiger partial charge in [0.2, 0.25) is 5.91 Å². The molecule has 4 nitrogen and oxygen atoms in total. The first-order valence-electron chi connectivity index (χ1n) is 4.98. The summed E-state index contributed by atoms with van der Waals surface area (Å²) >= 11 is 0. The van der Waals surface area contributed by atoms with Gasteiger partial charge in [-0.2, -0.15) is 0 Å². The molecule has 0 heterocycles. The van der Waals surface area contributed by atoms with E-state index in [0.717, 1.165) is 6.42 Å². The third-order valence-electron chi connectivity index (χ3n) is 2.02. The summed E-state index contributed by atoms with van der Waals surface area (Å²) in [6.07, 6.45) is 1.24. The Morgan fingerprint density at radius 1 is 1.36 bits per heavy atom. The first-order chi connectivity index (χ1) is 6.47. The Morgan fingerprint density at radius 2 is 1.93 bits per heavy atom. The summed E-state index contributed by atoms with van der Waals surface area (Å²) < 4.78 is 0. The van der Waals surface area contributed by atoms with Crippen LogP contribution in [0.25, 0.3) is 0 Å². The smallest absolute Gasteiger partial charge is 0.305 e. The van der Waals surface area contributed by atoms with Crippen LogP contribution in [0.4, 0.5) is 0 Å². The molecule has 4 heteroatoms. The molecule has 0 radical (unpaired) electrons. The van der Waals surface area contributed by atoms with Gasteiger partial charge in [-0.1, -0.05) is 20.8 Å². The van der Waals surface area contributed by atoms with Crippen molar-refractivity contribution in [3.05, 3.63) is 0 Å². The van der Waals surface area contributed by atoms with Crippen LogP contribution in [-0.4, -0.2) is 23.0 Å². The normalized spacial score (nSPS) is 12.6. The van der Waals surface area contributed by atoms with Crippen molar-refractivity contribution in [1.29, 1.82) is 0 Å². The highest BCUT2D eigenvalue weighted by Crippen LogP contribution is 2.06. The molecule has 0 saturated carbocycles. The second-order valence-electron chi connectivity index (χ2n) is 3.77. The lowest BCUT2D eigenvalue weighted by Gasteiger charge is -2.20. The van der Waals surface area contributed by atoms with Crippen molar-refractivity contribution in [3.8, 4) is 0 Å². The molecule has 0 aliphatic rings. The molecule has 0 spiro atoms. The average Bonchev–Trinajstić information content (AvgIpc) is 2.02. The summed E-state index contributed by atoms with van der Waals surface area (Å²) in [7, 11) is 0. The van der Waals surface area contributed by atoms with Gasteiger partial charge in [-0.25, -0.2) is 0 Å². The van der Waals surface area contributed by atoms with Crippen molar-refractivity contribution in [2.24, 2.45) is 5.92 Å². The van der Waals surface area contributed by atoms with Crippen LogP contribution in [0.15, 0.2) is 0 Å². The molecule has 0 aromatic carbocycles. The van der Waals surface area contributed by atoms with Crippen LogP contribution in [0.1, 0.15) is 40.0 Å². The number of hydrogen-bond donors (Lipinski definition) is 2. The van der Waals surface area contributed by atoms with E-state index in [4.69, 9.17) is 5.11 Å². The summed E-state index contributed by atoms with van der Waals surface area (Å²) in [6.45, 7) is 5.72. The van der Waals surface area contributed by atoms with E-state index in [1.54, 1.807) is 0 Å². The Labute approximate surface area is 84.7 Å². The molecule has 0 aliphatic heterocycles. The topological polar surface area (TPSA) is 66.4 Å². The van der Waals surface area contributed by atoms with Gasteiger partial charge in [0.05, 0.1) is 6.42 Å². The summed E-state index contributed by atoms with van der Waals surface area (Å²) in [6, 6.07) is -0.258. The van der Waals surface area contributed by atoms with Crippen molar-refractivity contribution in [2.45, 2.75) is 46.1 Å². The highest BCUT2D eigenvalue weighted by atomic mass is 16.4. The Hall–Kier alpha value is -1.06. The minimum atomic E-state index is -0.875. The molecule has 1 unspecified atom stereocenters. The maximum absolute atomic E-state index is 11.2. The van der Waals surface area contributed by atoms with Gasteiger partial charge < -0.3 is 10.4 Å². The zero-order chi connectivity index (χ0) is 11.1. The molecule has 0 bridgehead atoms. The van der Waals surface area contributed by atoms with Crippen LogP contribution < -0.4 is 5.32 Å². The van der Waals surface area contributed by atoms with Gasteiger partial charge in [0, 0.05) is 12.5 Å². The number of aliphatic carboxylic acids is 1. The molecule has 1 atom stereocenters. The second kappa shape index (κ2) is 6.40. The number of carboxylic acids is 1. The van der Waals surface area contributed by atoms with Crippen LogP contribution in [0, 0.1) is 5.92 Å². The molecule has 82 valence electrons. The Kier molecular flexibility index (Phi) is 5.92. The zero-order valence-corrected chi connectivity index (χ0v) is 9.04. The maximum Gasteiger partial charge on any atom is 0.305 e. The third-order valence-corrected chi connectivity index (χ3v) is 2.02. The van der Waals surface area contributed by atoms with E-state index in [2.05, 4.69) is 5.32 Å². The lowest BCUT2D eigenvalue weighted by molar-refractivity contribution is -0.138. The fourth-order valence-corrected chi connectivity index (χ4v) is 1.15. The van der Waals surface area contributed by atoms with Crippen LogP contribution >= 0.6 is 0 Å². The van der Waals surface area contributed by atoms with Crippen molar-refractivity contribution >= 4 is 11.9 Å². The van der Waals surface area contributed by atoms with Gasteiger partial charge in [0.1, 0.15) is 0 Å². The number of carboxylic acid groups (broad SMARTS) is 1. The maximum atomic E-state index is 11.2. The highest BCUT2D eigenvalue weighted by molar-refractivity contribution is 5.77. The standard InChI is InChI=1S/C10H19NO3/c1-4-5-9(12)11-8(7(2)3)6-10(13)14/h7-8H,4-6H2,1-3H3,(H,11,12)(H,13,14). The van der Waals surface area contributed by atoms with Gasteiger partial charge in [-0.15, -0.1) is 0 Å². The summed E-state index contributed by atoms with van der Waals surface area (Å²) in [5.74, 6) is -0.792. The number of hydrogen-bond acceptors (Lipinski definition) is 2. The zero-order valence-electron chi connectivity index (χ0n) is 9.04. The predicted molar refractivity (Wildman–Crippen MR) is 53.9 cm³/mol. The predicted octanol–water partition coefficient (Wildman–Crippen LogP) is 1.40. The number of rotatable bonds is 6. The lowest BCUT2D eigenvalue weighted by Crippen LogP contribution is -2.39. The monoisotopic (exact) mass is 201 g/mol. The fraction of sp³-hybridized carbons (Fsp3) is 0.800. The van der Waals surface area contributed by atoms with Crippen molar-refractivity contribution < 1.29 is 14.7 Å². The van der Waals surface area contributed by atoms with E-state index in [-0.39, 0.29) is 24.3 Å². The number of nitrogens with one attached hydrogen (secondary N) is 1. The quantitative estimate of drug-likeness (QED) is 0.682. The van der Waals surface area contributed by atoms with Crippen LogP contribution in [0.5, 0.6) is 0 Å². The number of carbonyl (C=O) groups is 2. The van der Waals surface area contributed by atoms with Crippen LogP contribution in [0.3, 0.4) is 0 Å². The largest absolute Gasteiger partial charge is 0.481 e. The minimum Gasteiger partial charge on any atom is -0.481 e. The summed E-state index contributed by atoms with van der Waals surface area (Å²) in [5, 5.41) is 11.4. The number of amides is 1. The molecule has 0 rings (SSSR count). The molecule has 1 amide bonds. The molecule has 0 fully saturated rings. The third kappa shape index (κ3) is 5.56. The van der Waals surface area contributed by atoms with E-state index in [1.165, 1.54) is 0 Å². The van der Waals surface area contributed by atoms with Gasteiger partial charge in [0.15, 0.2) is 0 Å². The molecule has 0 aromatic rings. The Balaban J connectivity index is 4.09. The van der Waals surface area contributed by atoms with Gasteiger partial charge in [-0.05, 0) is 12.3 Å². The molecular weight excluding hydrogens is 182 g/mol. The van der Waals surface area contributed by atoms with Crippen LogP contribution in [0.2, 0.25) is 0 Å². The van der Waals surface area contributed by atoms with E-state index in [1.807, 2.05) is 20.8 Å². The molecule has 0 aliphatic carbocycles. The van der Waals surface area contributed by atoms with Gasteiger partial charge >= 0.3 is 5.97 Å². The minimum absolute atomic E-state index is 0.00682. The van der Waals surface area contributed by atoms with E-state index >= 15 is 0 Å². The van der Waals surface area contributed by atoms with Gasteiger partial charge in [-0.3, -0.25) is 9.59 Å². The second-order valence-corrected chi connectivity index (χ2v) is 3.77. The molecule has 0 aromatic heterocycles. The first-order valence-corrected chi connectivity index (χ1v) is 4.98. The van der Waals surface area contributed by atoms with E-state index < -0.39 is 5.97 Å². The molecule has 0 saturated heterocycles. The number of carbonyl (C=O) groups excluding carboxylic acids is 1. The van der Waals surface area contributed by atoms with Crippen molar-refractivity contribution in [3.63, 3.8) is 0 Å². The fourth-order valence-electron chi connectivity index (χ4n) is 1.15. The van der Waals surface area contributed by atoms with E-state index in [9.17, 15) is 9.59 Å². The molecule has 2 N–H and O–H groups in total. The van der Waals surface area contributed by atoms with E-state index in [0.29, 0.717) is 6.42 Å². The summed E-state index contributed by atoms with van der Waals surface area (Å²) in [4.78, 5) is 21.7. The Morgan fingerprint density at radius 3 is 2.29 bits per heavy atom. The lowest BCUT2D eigenvalue weighted by atomic mass is 10.0. The van der Waals surface area contributed by atoms with Crippen LogP contribution in [-0.2, 0) is 9.59 Å². The summed E-state index contributed by atoms with van der Waals surface area (Å²) in [5.41, 5.74) is 0. The van der Waals surface area contributed by atoms with Gasteiger partial charge in [0.25, 0.3) is 0 Å². The SMILES string of the molecule is CCCC(=O)NC(CC(=O)O)C(C)C. The van der Waals surface area contributed by atoms with Crippen molar-refractivity contribution in [1.82, 2.24) is 5.32 Å². The highest BCUT2D eigenvalue weighted by Gasteiger charge is 2.18. The first kappa shape index (κ1) is 12.9. The molecular formula is C10H19NO3. The van der Waals surface area contributed by atoms with Crippen molar-refractivity contribution in [2.75, 3.05) is 0 Å². The Bertz CT molecular complexity index is 202. The molecule has 14 heavy (non-hydrogen) atoms. The average molecular weight is 201 g/mol.